The second-order valence-electron chi connectivity index (χ2n) is 5.08. The molecule has 0 aliphatic carbocycles. The van der Waals surface area contributed by atoms with Crippen LogP contribution in [-0.4, -0.2) is 32.2 Å². The van der Waals surface area contributed by atoms with Gasteiger partial charge in [0.15, 0.2) is 0 Å². The third-order valence-corrected chi connectivity index (χ3v) is 3.44. The van der Waals surface area contributed by atoms with Crippen molar-refractivity contribution in [3.8, 4) is 0 Å². The molecular formula is C16H25F2NO. The van der Waals surface area contributed by atoms with E-state index in [-0.39, 0.29) is 6.04 Å². The largest absolute Gasteiger partial charge is 0.375 e. The third-order valence-electron chi connectivity index (χ3n) is 3.44. The average molecular weight is 285 g/mol. The van der Waals surface area contributed by atoms with Gasteiger partial charge in [-0.2, -0.15) is 0 Å². The van der Waals surface area contributed by atoms with Crippen LogP contribution in [0.25, 0.3) is 0 Å². The molecule has 0 heterocycles. The molecule has 0 radical (unpaired) electrons. The third kappa shape index (κ3) is 5.97. The Morgan fingerprint density at radius 1 is 1.20 bits per heavy atom. The van der Waals surface area contributed by atoms with E-state index in [1.165, 1.54) is 16.7 Å². The van der Waals surface area contributed by atoms with Gasteiger partial charge in [0.1, 0.15) is 6.61 Å². The van der Waals surface area contributed by atoms with Crippen LogP contribution in [-0.2, 0) is 11.2 Å². The molecule has 4 heteroatoms. The van der Waals surface area contributed by atoms with Gasteiger partial charge in [-0.1, -0.05) is 25.1 Å². The summed E-state index contributed by atoms with van der Waals surface area (Å²) in [6.07, 6.45) is -0.732. The van der Waals surface area contributed by atoms with Crippen molar-refractivity contribution < 1.29 is 13.5 Å². The minimum atomic E-state index is -2.38. The molecule has 114 valence electrons. The molecule has 0 amide bonds. The van der Waals surface area contributed by atoms with Gasteiger partial charge in [0.25, 0.3) is 6.43 Å². The fraction of sp³-hybridized carbons (Fsp3) is 0.625. The molecule has 0 saturated heterocycles. The Bertz CT molecular complexity index is 376. The first kappa shape index (κ1) is 17.1. The van der Waals surface area contributed by atoms with Gasteiger partial charge in [-0.3, -0.25) is 0 Å². The molecule has 1 aromatic carbocycles. The van der Waals surface area contributed by atoms with Crippen molar-refractivity contribution in [3.05, 3.63) is 34.9 Å². The van der Waals surface area contributed by atoms with E-state index in [0.717, 1.165) is 19.4 Å². The van der Waals surface area contributed by atoms with E-state index < -0.39 is 13.0 Å². The summed E-state index contributed by atoms with van der Waals surface area (Å²) in [6.45, 7) is 7.04. The Morgan fingerprint density at radius 2 is 1.85 bits per heavy atom. The van der Waals surface area contributed by atoms with Crippen LogP contribution in [0.2, 0.25) is 0 Å². The summed E-state index contributed by atoms with van der Waals surface area (Å²) in [5.41, 5.74) is 3.90. The van der Waals surface area contributed by atoms with E-state index in [4.69, 9.17) is 4.74 Å². The molecule has 0 aromatic heterocycles. The molecule has 1 N–H and O–H groups in total. The van der Waals surface area contributed by atoms with Gasteiger partial charge in [0, 0.05) is 12.6 Å². The van der Waals surface area contributed by atoms with Crippen molar-refractivity contribution in [2.24, 2.45) is 0 Å². The molecule has 0 fully saturated rings. The molecular weight excluding hydrogens is 260 g/mol. The Morgan fingerprint density at radius 3 is 2.40 bits per heavy atom. The summed E-state index contributed by atoms with van der Waals surface area (Å²) in [5, 5.41) is 3.41. The molecule has 0 bridgehead atoms. The summed E-state index contributed by atoms with van der Waals surface area (Å²) < 4.78 is 29.0. The lowest BCUT2D eigenvalue weighted by Gasteiger charge is -2.20. The van der Waals surface area contributed by atoms with Crippen LogP contribution in [0.15, 0.2) is 18.2 Å². The van der Waals surface area contributed by atoms with E-state index in [9.17, 15) is 8.78 Å². The Balaban J connectivity index is 2.53. The number of likely N-dealkylation sites (N-methyl/N-ethyl adjacent to an activating group) is 1. The number of alkyl halides is 2. The van der Waals surface area contributed by atoms with Gasteiger partial charge in [-0.25, -0.2) is 8.78 Å². The van der Waals surface area contributed by atoms with Gasteiger partial charge < -0.3 is 10.1 Å². The van der Waals surface area contributed by atoms with Crippen molar-refractivity contribution >= 4 is 0 Å². The fourth-order valence-electron chi connectivity index (χ4n) is 2.38. The zero-order chi connectivity index (χ0) is 15.0. The van der Waals surface area contributed by atoms with Crippen molar-refractivity contribution in [2.75, 3.05) is 19.8 Å². The zero-order valence-electron chi connectivity index (χ0n) is 12.6. The minimum absolute atomic E-state index is 0.262. The highest BCUT2D eigenvalue weighted by molar-refractivity contribution is 5.34. The van der Waals surface area contributed by atoms with Crippen LogP contribution >= 0.6 is 0 Å². The van der Waals surface area contributed by atoms with E-state index >= 15 is 0 Å². The maximum Gasteiger partial charge on any atom is 0.261 e. The summed E-state index contributed by atoms with van der Waals surface area (Å²) in [4.78, 5) is 0. The van der Waals surface area contributed by atoms with Crippen LogP contribution in [0.3, 0.4) is 0 Å². The highest BCUT2D eigenvalue weighted by Gasteiger charge is 2.12. The van der Waals surface area contributed by atoms with Crippen LogP contribution in [0.4, 0.5) is 8.78 Å². The standard InChI is InChI=1S/C16H25F2NO/c1-4-19-14(8-9-20-11-16(17)18)10-15-12(2)6-5-7-13(15)3/h5-7,14,16,19H,4,8-11H2,1-3H3. The SMILES string of the molecule is CCNC(CCOCC(F)F)Cc1c(C)cccc1C. The molecule has 1 aromatic rings. The van der Waals surface area contributed by atoms with Gasteiger partial charge in [-0.15, -0.1) is 0 Å². The lowest BCUT2D eigenvalue weighted by atomic mass is 9.95. The molecule has 20 heavy (non-hydrogen) atoms. The Kier molecular flexibility index (Phi) is 7.70. The van der Waals surface area contributed by atoms with Crippen LogP contribution in [0, 0.1) is 13.8 Å². The second kappa shape index (κ2) is 9.03. The van der Waals surface area contributed by atoms with Gasteiger partial charge in [-0.05, 0) is 49.9 Å². The topological polar surface area (TPSA) is 21.3 Å². The first-order valence-corrected chi connectivity index (χ1v) is 7.19. The average Bonchev–Trinajstić information content (AvgIpc) is 2.38. The quantitative estimate of drug-likeness (QED) is 0.701. The number of aryl methyl sites for hydroxylation is 2. The van der Waals surface area contributed by atoms with Crippen molar-refractivity contribution in [1.29, 1.82) is 0 Å². The second-order valence-corrected chi connectivity index (χ2v) is 5.08. The lowest BCUT2D eigenvalue weighted by molar-refractivity contribution is 0.0144. The Labute approximate surface area is 120 Å². The number of benzene rings is 1. The van der Waals surface area contributed by atoms with Crippen molar-refractivity contribution in [3.63, 3.8) is 0 Å². The van der Waals surface area contributed by atoms with Gasteiger partial charge >= 0.3 is 0 Å². The van der Waals surface area contributed by atoms with Crippen molar-refractivity contribution in [1.82, 2.24) is 5.32 Å². The summed E-state index contributed by atoms with van der Waals surface area (Å²) >= 11 is 0. The monoisotopic (exact) mass is 285 g/mol. The van der Waals surface area contributed by atoms with E-state index in [1.54, 1.807) is 0 Å². The molecule has 0 aliphatic rings. The first-order valence-electron chi connectivity index (χ1n) is 7.19. The predicted molar refractivity (Wildman–Crippen MR) is 78.5 cm³/mol. The minimum Gasteiger partial charge on any atom is -0.375 e. The highest BCUT2D eigenvalue weighted by atomic mass is 19.3. The molecule has 2 nitrogen and oxygen atoms in total. The summed E-state index contributed by atoms with van der Waals surface area (Å²) in [6, 6.07) is 6.54. The van der Waals surface area contributed by atoms with Crippen molar-refractivity contribution in [2.45, 2.75) is 46.1 Å². The maximum absolute atomic E-state index is 12.0. The molecule has 0 aliphatic heterocycles. The predicted octanol–water partition coefficient (Wildman–Crippen LogP) is 3.50. The number of ether oxygens (including phenoxy) is 1. The van der Waals surface area contributed by atoms with E-state index in [1.807, 2.05) is 0 Å². The van der Waals surface area contributed by atoms with E-state index in [2.05, 4.69) is 44.3 Å². The summed E-state index contributed by atoms with van der Waals surface area (Å²) in [7, 11) is 0. The molecule has 1 rings (SSSR count). The number of rotatable bonds is 9. The van der Waals surface area contributed by atoms with Crippen LogP contribution < -0.4 is 5.32 Å². The molecule has 1 unspecified atom stereocenters. The molecule has 1 atom stereocenters. The highest BCUT2D eigenvalue weighted by Crippen LogP contribution is 2.16. The molecule has 0 saturated carbocycles. The smallest absolute Gasteiger partial charge is 0.261 e. The first-order chi connectivity index (χ1) is 9.54. The van der Waals surface area contributed by atoms with Gasteiger partial charge in [0.2, 0.25) is 0 Å². The normalized spacial score (nSPS) is 12.9. The number of hydrogen-bond donors (Lipinski definition) is 1. The summed E-state index contributed by atoms with van der Waals surface area (Å²) in [5.74, 6) is 0. The van der Waals surface area contributed by atoms with Crippen LogP contribution in [0.1, 0.15) is 30.0 Å². The fourth-order valence-corrected chi connectivity index (χ4v) is 2.38. The lowest BCUT2D eigenvalue weighted by Crippen LogP contribution is -2.32. The Hall–Kier alpha value is -1.00. The van der Waals surface area contributed by atoms with Gasteiger partial charge in [0.05, 0.1) is 0 Å². The number of halogens is 2. The number of nitrogens with one attached hydrogen (secondary N) is 1. The van der Waals surface area contributed by atoms with Crippen LogP contribution in [0.5, 0.6) is 0 Å². The van der Waals surface area contributed by atoms with E-state index in [0.29, 0.717) is 6.61 Å². The number of hydrogen-bond acceptors (Lipinski definition) is 2. The molecule has 0 spiro atoms. The maximum atomic E-state index is 12.0. The zero-order valence-corrected chi connectivity index (χ0v) is 12.6.